The molecule has 1 aliphatic rings. The molecular weight excluding hydrogens is 263 g/mol. The van der Waals surface area contributed by atoms with Gasteiger partial charge in [-0.25, -0.2) is 4.39 Å². The van der Waals surface area contributed by atoms with E-state index in [4.69, 9.17) is 9.47 Å². The number of aliphatic hydroxyl groups is 1. The van der Waals surface area contributed by atoms with Crippen LogP contribution >= 0.6 is 0 Å². The molecule has 20 heavy (non-hydrogen) atoms. The van der Waals surface area contributed by atoms with Crippen LogP contribution in [0.2, 0.25) is 0 Å². The van der Waals surface area contributed by atoms with Gasteiger partial charge in [-0.15, -0.1) is 0 Å². The van der Waals surface area contributed by atoms with Crippen LogP contribution in [0.5, 0.6) is 5.75 Å². The van der Waals surface area contributed by atoms with Gasteiger partial charge in [0, 0.05) is 12.0 Å². The van der Waals surface area contributed by atoms with Gasteiger partial charge in [-0.3, -0.25) is 4.79 Å². The van der Waals surface area contributed by atoms with E-state index in [9.17, 15) is 14.3 Å². The Balaban J connectivity index is 2.35. The first-order chi connectivity index (χ1) is 9.48. The predicted octanol–water partition coefficient (Wildman–Crippen LogP) is 2.53. The molecule has 5 heteroatoms. The maximum atomic E-state index is 13.4. The van der Waals surface area contributed by atoms with Crippen molar-refractivity contribution < 1.29 is 23.8 Å². The minimum Gasteiger partial charge on any atom is -0.490 e. The van der Waals surface area contributed by atoms with Crippen molar-refractivity contribution in [1.29, 1.82) is 0 Å². The highest BCUT2D eigenvalue weighted by Gasteiger charge is 2.42. The van der Waals surface area contributed by atoms with Crippen molar-refractivity contribution in [3.63, 3.8) is 0 Å². The summed E-state index contributed by atoms with van der Waals surface area (Å²) >= 11 is 0. The lowest BCUT2D eigenvalue weighted by molar-refractivity contribution is -0.151. The standard InChI is InChI=1S/C15H19FO4/c1-3-11-8-15(18,9-14(17)19-4-2)12-7-10(16)5-6-13(12)20-11/h5-7,11,18H,3-4,8-9H2,1-2H3/t11-,15-/m1/s1. The highest BCUT2D eigenvalue weighted by Crippen LogP contribution is 2.42. The molecule has 1 aromatic carbocycles. The van der Waals surface area contributed by atoms with Crippen LogP contribution in [0.15, 0.2) is 18.2 Å². The third-order valence-electron chi connectivity index (χ3n) is 3.50. The number of esters is 1. The minimum absolute atomic E-state index is 0.197. The number of carbonyl (C=O) groups excluding carboxylic acids is 1. The molecule has 2 rings (SSSR count). The average molecular weight is 282 g/mol. The van der Waals surface area contributed by atoms with Gasteiger partial charge in [0.1, 0.15) is 23.3 Å². The topological polar surface area (TPSA) is 55.8 Å². The van der Waals surface area contributed by atoms with E-state index < -0.39 is 17.4 Å². The molecule has 0 aromatic heterocycles. The van der Waals surface area contributed by atoms with Crippen LogP contribution in [0.4, 0.5) is 4.39 Å². The van der Waals surface area contributed by atoms with Crippen molar-refractivity contribution in [3.8, 4) is 5.75 Å². The zero-order valence-corrected chi connectivity index (χ0v) is 11.7. The molecular formula is C15H19FO4. The fraction of sp³-hybridized carbons (Fsp3) is 0.533. The Morgan fingerprint density at radius 2 is 2.30 bits per heavy atom. The highest BCUT2D eigenvalue weighted by molar-refractivity contribution is 5.71. The van der Waals surface area contributed by atoms with E-state index >= 15 is 0 Å². The van der Waals surface area contributed by atoms with E-state index in [0.29, 0.717) is 17.7 Å². The molecule has 1 aliphatic heterocycles. The summed E-state index contributed by atoms with van der Waals surface area (Å²) in [7, 11) is 0. The lowest BCUT2D eigenvalue weighted by Crippen LogP contribution is -2.40. The lowest BCUT2D eigenvalue weighted by Gasteiger charge is -2.38. The third kappa shape index (κ3) is 2.93. The SMILES string of the molecule is CCOC(=O)C[C@]1(O)C[C@@H](CC)Oc2ccc(F)cc21. The maximum Gasteiger partial charge on any atom is 0.309 e. The second-order valence-corrected chi connectivity index (χ2v) is 5.01. The van der Waals surface area contributed by atoms with Gasteiger partial charge in [0.15, 0.2) is 0 Å². The van der Waals surface area contributed by atoms with Crippen molar-refractivity contribution in [2.45, 2.75) is 44.8 Å². The van der Waals surface area contributed by atoms with Crippen LogP contribution in [0, 0.1) is 5.82 Å². The Bertz CT molecular complexity index is 503. The molecule has 4 nitrogen and oxygen atoms in total. The van der Waals surface area contributed by atoms with Gasteiger partial charge in [-0.1, -0.05) is 6.92 Å². The zero-order valence-electron chi connectivity index (χ0n) is 11.7. The molecule has 0 radical (unpaired) electrons. The minimum atomic E-state index is -1.44. The summed E-state index contributed by atoms with van der Waals surface area (Å²) in [6, 6.07) is 3.99. The van der Waals surface area contributed by atoms with Crippen LogP contribution in [0.1, 0.15) is 38.7 Å². The molecule has 0 aliphatic carbocycles. The molecule has 0 saturated carbocycles. The van der Waals surface area contributed by atoms with Gasteiger partial charge in [-0.05, 0) is 31.5 Å². The van der Waals surface area contributed by atoms with Gasteiger partial charge >= 0.3 is 5.97 Å². The molecule has 1 N–H and O–H groups in total. The van der Waals surface area contributed by atoms with Crippen molar-refractivity contribution in [3.05, 3.63) is 29.6 Å². The fourth-order valence-electron chi connectivity index (χ4n) is 2.52. The van der Waals surface area contributed by atoms with Crippen molar-refractivity contribution in [2.24, 2.45) is 0 Å². The van der Waals surface area contributed by atoms with Gasteiger partial charge < -0.3 is 14.6 Å². The quantitative estimate of drug-likeness (QED) is 0.862. The Morgan fingerprint density at radius 1 is 1.55 bits per heavy atom. The Labute approximate surface area is 117 Å². The molecule has 0 bridgehead atoms. The van der Waals surface area contributed by atoms with E-state index in [0.717, 1.165) is 0 Å². The van der Waals surface area contributed by atoms with Crippen molar-refractivity contribution in [1.82, 2.24) is 0 Å². The molecule has 0 fully saturated rings. The second kappa shape index (κ2) is 5.79. The number of carbonyl (C=O) groups is 1. The number of hydrogen-bond acceptors (Lipinski definition) is 4. The Kier molecular flexibility index (Phi) is 4.28. The monoisotopic (exact) mass is 282 g/mol. The number of hydrogen-bond donors (Lipinski definition) is 1. The number of halogens is 1. The molecule has 0 saturated heterocycles. The Hall–Kier alpha value is -1.62. The van der Waals surface area contributed by atoms with Crippen LogP contribution in [0.25, 0.3) is 0 Å². The maximum absolute atomic E-state index is 13.4. The second-order valence-electron chi connectivity index (χ2n) is 5.01. The average Bonchev–Trinajstić information content (AvgIpc) is 2.39. The molecule has 110 valence electrons. The predicted molar refractivity (Wildman–Crippen MR) is 70.9 cm³/mol. The highest BCUT2D eigenvalue weighted by atomic mass is 19.1. The molecule has 1 heterocycles. The molecule has 1 aromatic rings. The summed E-state index contributed by atoms with van der Waals surface area (Å²) in [6.45, 7) is 3.89. The first-order valence-corrected chi connectivity index (χ1v) is 6.83. The van der Waals surface area contributed by atoms with E-state index in [1.807, 2.05) is 6.92 Å². The summed E-state index contributed by atoms with van der Waals surface area (Å²) in [5, 5.41) is 10.8. The van der Waals surface area contributed by atoms with Gasteiger partial charge in [0.2, 0.25) is 0 Å². The molecule has 0 unspecified atom stereocenters. The summed E-state index contributed by atoms with van der Waals surface area (Å²) in [5.41, 5.74) is -1.13. The smallest absolute Gasteiger partial charge is 0.309 e. The Morgan fingerprint density at radius 3 is 2.95 bits per heavy atom. The molecule has 0 spiro atoms. The van der Waals surface area contributed by atoms with E-state index in [1.54, 1.807) is 6.92 Å². The summed E-state index contributed by atoms with van der Waals surface area (Å²) < 4.78 is 24.0. The summed E-state index contributed by atoms with van der Waals surface area (Å²) in [4.78, 5) is 11.7. The van der Waals surface area contributed by atoms with Gasteiger partial charge in [0.05, 0.1) is 13.0 Å². The van der Waals surface area contributed by atoms with Gasteiger partial charge in [0.25, 0.3) is 0 Å². The third-order valence-corrected chi connectivity index (χ3v) is 3.50. The summed E-state index contributed by atoms with van der Waals surface area (Å²) in [5.74, 6) is -0.539. The molecule has 0 amide bonds. The van der Waals surface area contributed by atoms with Crippen molar-refractivity contribution in [2.75, 3.05) is 6.61 Å². The van der Waals surface area contributed by atoms with Gasteiger partial charge in [-0.2, -0.15) is 0 Å². The zero-order chi connectivity index (χ0) is 14.8. The van der Waals surface area contributed by atoms with Crippen LogP contribution in [-0.4, -0.2) is 23.8 Å². The largest absolute Gasteiger partial charge is 0.490 e. The number of rotatable bonds is 4. The summed E-state index contributed by atoms with van der Waals surface area (Å²) in [6.07, 6.45) is 0.546. The van der Waals surface area contributed by atoms with E-state index in [-0.39, 0.29) is 25.6 Å². The molecule has 2 atom stereocenters. The van der Waals surface area contributed by atoms with Crippen LogP contribution in [-0.2, 0) is 15.1 Å². The van der Waals surface area contributed by atoms with Crippen LogP contribution in [0.3, 0.4) is 0 Å². The number of fused-ring (bicyclic) bond motifs is 1. The van der Waals surface area contributed by atoms with E-state index in [2.05, 4.69) is 0 Å². The first-order valence-electron chi connectivity index (χ1n) is 6.83. The normalized spacial score (nSPS) is 24.7. The van der Waals surface area contributed by atoms with Crippen molar-refractivity contribution >= 4 is 5.97 Å². The number of benzene rings is 1. The number of ether oxygens (including phenoxy) is 2. The van der Waals surface area contributed by atoms with E-state index in [1.165, 1.54) is 18.2 Å². The van der Waals surface area contributed by atoms with Crippen LogP contribution < -0.4 is 4.74 Å². The fourth-order valence-corrected chi connectivity index (χ4v) is 2.52. The first kappa shape index (κ1) is 14.8. The lowest BCUT2D eigenvalue weighted by atomic mass is 9.82.